The van der Waals surface area contributed by atoms with Gasteiger partial charge in [-0.15, -0.1) is 0 Å². The third-order valence-corrected chi connectivity index (χ3v) is 2.03. The predicted molar refractivity (Wildman–Crippen MR) is 68.0 cm³/mol. The quantitative estimate of drug-likeness (QED) is 0.726. The Labute approximate surface area is 97.9 Å². The van der Waals surface area contributed by atoms with Crippen molar-refractivity contribution < 1.29 is 9.47 Å². The maximum absolute atomic E-state index is 5.67. The van der Waals surface area contributed by atoms with Crippen LogP contribution in [-0.4, -0.2) is 13.2 Å². The Morgan fingerprint density at radius 1 is 1.19 bits per heavy atom. The van der Waals surface area contributed by atoms with Crippen molar-refractivity contribution in [3.8, 4) is 11.5 Å². The highest BCUT2D eigenvalue weighted by atomic mass is 16.5. The molecular weight excluding hydrogens is 200 g/mol. The van der Waals surface area contributed by atoms with Crippen LogP contribution in [0.1, 0.15) is 26.3 Å². The third-order valence-electron chi connectivity index (χ3n) is 2.03. The smallest absolute Gasteiger partial charge is 0.123 e. The summed E-state index contributed by atoms with van der Waals surface area (Å²) in [6.45, 7) is 11.3. The second-order valence-corrected chi connectivity index (χ2v) is 4.08. The number of ether oxygens (including phenoxy) is 2. The molecule has 0 bridgehead atoms. The molecule has 0 radical (unpaired) electrons. The molecule has 0 amide bonds. The van der Waals surface area contributed by atoms with Crippen molar-refractivity contribution in [3.63, 3.8) is 0 Å². The molecule has 2 nitrogen and oxygen atoms in total. The van der Waals surface area contributed by atoms with Crippen molar-refractivity contribution in [1.29, 1.82) is 0 Å². The fraction of sp³-hybridized carbons (Fsp3) is 0.429. The van der Waals surface area contributed by atoms with E-state index in [9.17, 15) is 0 Å². The summed E-state index contributed by atoms with van der Waals surface area (Å²) in [6.07, 6.45) is 1.80. The molecule has 0 N–H and O–H groups in total. The number of hydrogen-bond donors (Lipinski definition) is 0. The Hall–Kier alpha value is -1.44. The second kappa shape index (κ2) is 6.21. The molecule has 0 unspecified atom stereocenters. The molecule has 1 aromatic carbocycles. The fourth-order valence-electron chi connectivity index (χ4n) is 1.31. The molecule has 0 saturated carbocycles. The highest BCUT2D eigenvalue weighted by Crippen LogP contribution is 2.24. The summed E-state index contributed by atoms with van der Waals surface area (Å²) < 4.78 is 11.1. The average Bonchev–Trinajstić information content (AvgIpc) is 2.26. The zero-order valence-electron chi connectivity index (χ0n) is 10.3. The van der Waals surface area contributed by atoms with Gasteiger partial charge < -0.3 is 9.47 Å². The molecule has 16 heavy (non-hydrogen) atoms. The van der Waals surface area contributed by atoms with Gasteiger partial charge in [-0.2, -0.15) is 0 Å². The van der Waals surface area contributed by atoms with Crippen LogP contribution in [0.25, 0.3) is 6.08 Å². The highest BCUT2D eigenvalue weighted by Gasteiger charge is 2.02. The first-order valence-corrected chi connectivity index (χ1v) is 5.68. The zero-order chi connectivity index (χ0) is 12.0. The fourth-order valence-corrected chi connectivity index (χ4v) is 1.31. The van der Waals surface area contributed by atoms with E-state index in [2.05, 4.69) is 20.4 Å². The van der Waals surface area contributed by atoms with Crippen LogP contribution in [-0.2, 0) is 0 Å². The standard InChI is InChI=1S/C14H20O2/c1-5-12-7-13(15-6-2)9-14(8-12)16-10-11(3)4/h5,7-9,11H,1,6,10H2,2-4H3. The first-order valence-electron chi connectivity index (χ1n) is 5.68. The van der Waals surface area contributed by atoms with E-state index in [0.29, 0.717) is 19.1 Å². The van der Waals surface area contributed by atoms with E-state index in [1.807, 2.05) is 25.1 Å². The van der Waals surface area contributed by atoms with E-state index in [1.165, 1.54) is 0 Å². The van der Waals surface area contributed by atoms with Gasteiger partial charge >= 0.3 is 0 Å². The Morgan fingerprint density at radius 2 is 1.81 bits per heavy atom. The van der Waals surface area contributed by atoms with E-state index in [0.717, 1.165) is 17.1 Å². The molecule has 0 aliphatic heterocycles. The molecule has 0 saturated heterocycles. The Balaban J connectivity index is 2.81. The van der Waals surface area contributed by atoms with Gasteiger partial charge in [0.2, 0.25) is 0 Å². The van der Waals surface area contributed by atoms with Gasteiger partial charge in [-0.05, 0) is 30.5 Å². The van der Waals surface area contributed by atoms with Crippen LogP contribution in [0.4, 0.5) is 0 Å². The van der Waals surface area contributed by atoms with Crippen LogP contribution in [0, 0.1) is 5.92 Å². The van der Waals surface area contributed by atoms with Crippen molar-refractivity contribution in [3.05, 3.63) is 30.3 Å². The molecule has 88 valence electrons. The molecule has 1 aromatic rings. The Morgan fingerprint density at radius 3 is 2.31 bits per heavy atom. The SMILES string of the molecule is C=Cc1cc(OCC)cc(OCC(C)C)c1. The topological polar surface area (TPSA) is 18.5 Å². The number of hydrogen-bond acceptors (Lipinski definition) is 2. The maximum Gasteiger partial charge on any atom is 0.123 e. The molecule has 0 atom stereocenters. The lowest BCUT2D eigenvalue weighted by Gasteiger charge is -2.11. The lowest BCUT2D eigenvalue weighted by Crippen LogP contribution is -2.04. The second-order valence-electron chi connectivity index (χ2n) is 4.08. The summed E-state index contributed by atoms with van der Waals surface area (Å²) in [6, 6.07) is 5.84. The van der Waals surface area contributed by atoms with Gasteiger partial charge in [0.15, 0.2) is 0 Å². The van der Waals surface area contributed by atoms with Crippen molar-refractivity contribution in [1.82, 2.24) is 0 Å². The lowest BCUT2D eigenvalue weighted by molar-refractivity contribution is 0.268. The lowest BCUT2D eigenvalue weighted by atomic mass is 10.2. The summed E-state index contributed by atoms with van der Waals surface area (Å²) in [5, 5.41) is 0. The van der Waals surface area contributed by atoms with Gasteiger partial charge in [-0.3, -0.25) is 0 Å². The largest absolute Gasteiger partial charge is 0.494 e. The van der Waals surface area contributed by atoms with Crippen LogP contribution < -0.4 is 9.47 Å². The summed E-state index contributed by atoms with van der Waals surface area (Å²) >= 11 is 0. The van der Waals surface area contributed by atoms with Gasteiger partial charge in [0.1, 0.15) is 11.5 Å². The summed E-state index contributed by atoms with van der Waals surface area (Å²) in [5.74, 6) is 2.19. The van der Waals surface area contributed by atoms with E-state index in [1.54, 1.807) is 6.08 Å². The summed E-state index contributed by atoms with van der Waals surface area (Å²) in [4.78, 5) is 0. The minimum absolute atomic E-state index is 0.517. The van der Waals surface area contributed by atoms with Crippen LogP contribution in [0.3, 0.4) is 0 Å². The first-order chi connectivity index (χ1) is 7.65. The van der Waals surface area contributed by atoms with E-state index < -0.39 is 0 Å². The van der Waals surface area contributed by atoms with Crippen molar-refractivity contribution in [2.45, 2.75) is 20.8 Å². The van der Waals surface area contributed by atoms with Crippen molar-refractivity contribution in [2.24, 2.45) is 5.92 Å². The summed E-state index contributed by atoms with van der Waals surface area (Å²) in [5.41, 5.74) is 1.02. The van der Waals surface area contributed by atoms with Gasteiger partial charge in [-0.1, -0.05) is 26.5 Å². The molecule has 0 heterocycles. The molecule has 0 aromatic heterocycles. The maximum atomic E-state index is 5.67. The Bertz CT molecular complexity index is 343. The van der Waals surface area contributed by atoms with E-state index >= 15 is 0 Å². The molecular formula is C14H20O2. The van der Waals surface area contributed by atoms with Crippen LogP contribution >= 0.6 is 0 Å². The van der Waals surface area contributed by atoms with Gasteiger partial charge in [0.05, 0.1) is 13.2 Å². The van der Waals surface area contributed by atoms with E-state index in [4.69, 9.17) is 9.47 Å². The molecule has 2 heteroatoms. The molecule has 0 aliphatic rings. The highest BCUT2D eigenvalue weighted by molar-refractivity contribution is 5.53. The third kappa shape index (κ3) is 3.97. The van der Waals surface area contributed by atoms with Gasteiger partial charge in [-0.25, -0.2) is 0 Å². The minimum atomic E-state index is 0.517. The first kappa shape index (κ1) is 12.6. The molecule has 0 fully saturated rings. The number of rotatable bonds is 6. The van der Waals surface area contributed by atoms with Crippen LogP contribution in [0.2, 0.25) is 0 Å². The molecule has 0 spiro atoms. The van der Waals surface area contributed by atoms with Gasteiger partial charge in [0.25, 0.3) is 0 Å². The van der Waals surface area contributed by atoms with Crippen molar-refractivity contribution in [2.75, 3.05) is 13.2 Å². The van der Waals surface area contributed by atoms with E-state index in [-0.39, 0.29) is 0 Å². The number of benzene rings is 1. The van der Waals surface area contributed by atoms with Crippen LogP contribution in [0.5, 0.6) is 11.5 Å². The monoisotopic (exact) mass is 220 g/mol. The van der Waals surface area contributed by atoms with Crippen molar-refractivity contribution >= 4 is 6.08 Å². The normalized spacial score (nSPS) is 10.2. The zero-order valence-corrected chi connectivity index (χ0v) is 10.3. The minimum Gasteiger partial charge on any atom is -0.494 e. The predicted octanol–water partition coefficient (Wildman–Crippen LogP) is 3.76. The summed E-state index contributed by atoms with van der Waals surface area (Å²) in [7, 11) is 0. The molecule has 0 aliphatic carbocycles. The Kier molecular flexibility index (Phi) is 4.90. The van der Waals surface area contributed by atoms with Gasteiger partial charge in [0, 0.05) is 6.07 Å². The van der Waals surface area contributed by atoms with Crippen LogP contribution in [0.15, 0.2) is 24.8 Å². The molecule has 1 rings (SSSR count). The average molecular weight is 220 g/mol.